The average molecular weight is 612 g/mol. The molecule has 0 spiro atoms. The number of rotatable bonds is 4. The van der Waals surface area contributed by atoms with Crippen LogP contribution in [0.5, 0.6) is 0 Å². The van der Waals surface area contributed by atoms with Crippen LogP contribution in [0.3, 0.4) is 0 Å². The molecule has 3 heterocycles. The summed E-state index contributed by atoms with van der Waals surface area (Å²) in [4.78, 5) is 4.92. The molecular formula is C45H29N3. The lowest BCUT2D eigenvalue weighted by Crippen LogP contribution is -1.94. The first-order chi connectivity index (χ1) is 23.8. The van der Waals surface area contributed by atoms with E-state index >= 15 is 0 Å². The number of aromatic nitrogens is 3. The van der Waals surface area contributed by atoms with Gasteiger partial charge in [-0.25, -0.2) is 4.98 Å². The van der Waals surface area contributed by atoms with E-state index in [0.29, 0.717) is 0 Å². The predicted octanol–water partition coefficient (Wildman–Crippen LogP) is 11.8. The molecule has 0 aliphatic rings. The number of hydrogen-bond donors (Lipinski definition) is 0. The van der Waals surface area contributed by atoms with E-state index in [-0.39, 0.29) is 0 Å². The zero-order chi connectivity index (χ0) is 31.6. The number of pyridine rings is 1. The van der Waals surface area contributed by atoms with Gasteiger partial charge in [-0.1, -0.05) is 103 Å². The highest BCUT2D eigenvalue weighted by Crippen LogP contribution is 2.38. The van der Waals surface area contributed by atoms with Gasteiger partial charge >= 0.3 is 0 Å². The van der Waals surface area contributed by atoms with Crippen molar-refractivity contribution in [2.75, 3.05) is 0 Å². The fourth-order valence-electron chi connectivity index (χ4n) is 7.45. The molecule has 0 N–H and O–H groups in total. The number of para-hydroxylation sites is 4. The summed E-state index contributed by atoms with van der Waals surface area (Å²) in [5, 5.41) is 6.17. The molecule has 10 rings (SSSR count). The van der Waals surface area contributed by atoms with Crippen LogP contribution in [0.2, 0.25) is 0 Å². The summed E-state index contributed by atoms with van der Waals surface area (Å²) < 4.78 is 4.75. The van der Waals surface area contributed by atoms with E-state index in [1.807, 2.05) is 6.07 Å². The van der Waals surface area contributed by atoms with Gasteiger partial charge in [0.05, 0.1) is 33.3 Å². The van der Waals surface area contributed by atoms with Crippen LogP contribution in [0.4, 0.5) is 0 Å². The Hall–Kier alpha value is -6.45. The molecule has 0 saturated carbocycles. The maximum atomic E-state index is 4.92. The van der Waals surface area contributed by atoms with E-state index < -0.39 is 0 Å². The molecule has 0 fully saturated rings. The van der Waals surface area contributed by atoms with E-state index in [4.69, 9.17) is 4.98 Å². The molecule has 10 aromatic rings. The standard InChI is InChI=1S/C45H29N3/c1-2-11-34(12-3-1)47-42-16-8-5-13-36(42)38-28-32(21-26-44(38)47)33-22-27-45-39(29-33)37-14-6-9-17-43(37)48(45)35-23-18-31(19-24-35)41-25-20-30-10-4-7-15-40(30)46-41/h1-29H. The first-order valence-electron chi connectivity index (χ1n) is 16.4. The van der Waals surface area contributed by atoms with Crippen LogP contribution >= 0.6 is 0 Å². The first-order valence-corrected chi connectivity index (χ1v) is 16.4. The lowest BCUT2D eigenvalue weighted by atomic mass is 10.0. The Kier molecular flexibility index (Phi) is 5.87. The number of hydrogen-bond acceptors (Lipinski definition) is 1. The second-order valence-corrected chi connectivity index (χ2v) is 12.4. The van der Waals surface area contributed by atoms with Crippen LogP contribution in [0.25, 0.3) is 88.3 Å². The summed E-state index contributed by atoms with van der Waals surface area (Å²) in [5.74, 6) is 0. The van der Waals surface area contributed by atoms with Gasteiger partial charge < -0.3 is 9.13 Å². The predicted molar refractivity (Wildman–Crippen MR) is 201 cm³/mol. The van der Waals surface area contributed by atoms with Crippen molar-refractivity contribution in [3.8, 4) is 33.8 Å². The van der Waals surface area contributed by atoms with Crippen molar-refractivity contribution in [2.24, 2.45) is 0 Å². The number of fused-ring (bicyclic) bond motifs is 7. The second kappa shape index (κ2) is 10.5. The zero-order valence-electron chi connectivity index (χ0n) is 26.1. The summed E-state index contributed by atoms with van der Waals surface area (Å²) in [6, 6.07) is 63.2. The minimum absolute atomic E-state index is 0.982. The summed E-state index contributed by atoms with van der Waals surface area (Å²) in [5.41, 5.74) is 12.7. The maximum Gasteiger partial charge on any atom is 0.0709 e. The van der Waals surface area contributed by atoms with Gasteiger partial charge in [-0.3, -0.25) is 0 Å². The number of benzene rings is 7. The van der Waals surface area contributed by atoms with Crippen LogP contribution in [0, 0.1) is 0 Å². The monoisotopic (exact) mass is 611 g/mol. The molecule has 3 nitrogen and oxygen atoms in total. The van der Waals surface area contributed by atoms with Gasteiger partial charge in [0.1, 0.15) is 0 Å². The van der Waals surface area contributed by atoms with Crippen LogP contribution in [0.1, 0.15) is 0 Å². The molecule has 48 heavy (non-hydrogen) atoms. The van der Waals surface area contributed by atoms with Gasteiger partial charge in [0.15, 0.2) is 0 Å². The summed E-state index contributed by atoms with van der Waals surface area (Å²) >= 11 is 0. The van der Waals surface area contributed by atoms with E-state index in [1.165, 1.54) is 60.4 Å². The van der Waals surface area contributed by atoms with Gasteiger partial charge in [0.2, 0.25) is 0 Å². The molecule has 0 unspecified atom stereocenters. The van der Waals surface area contributed by atoms with E-state index in [0.717, 1.165) is 27.8 Å². The largest absolute Gasteiger partial charge is 0.309 e. The van der Waals surface area contributed by atoms with Crippen molar-refractivity contribution >= 4 is 54.5 Å². The molecule has 0 atom stereocenters. The number of nitrogens with zero attached hydrogens (tertiary/aromatic N) is 3. The molecule has 0 amide bonds. The Morgan fingerprint density at radius 2 is 0.833 bits per heavy atom. The minimum Gasteiger partial charge on any atom is -0.309 e. The molecule has 0 bridgehead atoms. The van der Waals surface area contributed by atoms with Crippen molar-refractivity contribution in [3.63, 3.8) is 0 Å². The van der Waals surface area contributed by atoms with Crippen LogP contribution in [-0.4, -0.2) is 14.1 Å². The van der Waals surface area contributed by atoms with Crippen molar-refractivity contribution in [2.45, 2.75) is 0 Å². The first kappa shape index (κ1) is 26.7. The normalized spacial score (nSPS) is 11.8. The van der Waals surface area contributed by atoms with Crippen LogP contribution in [0.15, 0.2) is 176 Å². The van der Waals surface area contributed by atoms with Crippen molar-refractivity contribution in [3.05, 3.63) is 176 Å². The summed E-state index contributed by atoms with van der Waals surface area (Å²) in [6.45, 7) is 0. The average Bonchev–Trinajstić information content (AvgIpc) is 3.67. The molecule has 7 aromatic carbocycles. The Labute approximate surface area is 277 Å². The third-order valence-corrected chi connectivity index (χ3v) is 9.71. The Morgan fingerprint density at radius 1 is 0.333 bits per heavy atom. The summed E-state index contributed by atoms with van der Waals surface area (Å²) in [6.07, 6.45) is 0. The Balaban J connectivity index is 1.09. The Bertz CT molecular complexity index is 2820. The van der Waals surface area contributed by atoms with E-state index in [2.05, 4.69) is 179 Å². The van der Waals surface area contributed by atoms with Crippen molar-refractivity contribution in [1.82, 2.24) is 14.1 Å². The lowest BCUT2D eigenvalue weighted by molar-refractivity contribution is 1.18. The third kappa shape index (κ3) is 4.11. The molecule has 0 aliphatic heterocycles. The highest BCUT2D eigenvalue weighted by Gasteiger charge is 2.16. The quantitative estimate of drug-likeness (QED) is 0.194. The molecule has 3 heteroatoms. The zero-order valence-corrected chi connectivity index (χ0v) is 26.1. The molecule has 224 valence electrons. The van der Waals surface area contributed by atoms with Crippen LogP contribution < -0.4 is 0 Å². The van der Waals surface area contributed by atoms with Crippen molar-refractivity contribution in [1.29, 1.82) is 0 Å². The van der Waals surface area contributed by atoms with Crippen LogP contribution in [-0.2, 0) is 0 Å². The lowest BCUT2D eigenvalue weighted by Gasteiger charge is -2.10. The van der Waals surface area contributed by atoms with Crippen molar-refractivity contribution < 1.29 is 0 Å². The van der Waals surface area contributed by atoms with E-state index in [9.17, 15) is 0 Å². The SMILES string of the molecule is c1ccc(-n2c3ccccc3c3cc(-c4ccc5c(c4)c4ccccc4n5-c4ccc(-c5ccc6ccccc6n5)cc4)ccc32)cc1. The molecule has 0 aliphatic carbocycles. The highest BCUT2D eigenvalue weighted by atomic mass is 15.0. The highest BCUT2D eigenvalue weighted by molar-refractivity contribution is 6.12. The Morgan fingerprint density at radius 3 is 1.48 bits per heavy atom. The van der Waals surface area contributed by atoms with Gasteiger partial charge in [0.25, 0.3) is 0 Å². The molecular weight excluding hydrogens is 583 g/mol. The smallest absolute Gasteiger partial charge is 0.0709 e. The third-order valence-electron chi connectivity index (χ3n) is 9.71. The molecule has 0 radical (unpaired) electrons. The topological polar surface area (TPSA) is 22.8 Å². The maximum absolute atomic E-state index is 4.92. The van der Waals surface area contributed by atoms with Gasteiger partial charge in [0, 0.05) is 43.9 Å². The fourth-order valence-corrected chi connectivity index (χ4v) is 7.45. The van der Waals surface area contributed by atoms with Gasteiger partial charge in [-0.15, -0.1) is 0 Å². The van der Waals surface area contributed by atoms with E-state index in [1.54, 1.807) is 0 Å². The van der Waals surface area contributed by atoms with Gasteiger partial charge in [-0.05, 0) is 83.9 Å². The molecule has 3 aromatic heterocycles. The molecule has 0 saturated heterocycles. The summed E-state index contributed by atoms with van der Waals surface area (Å²) in [7, 11) is 0. The van der Waals surface area contributed by atoms with Gasteiger partial charge in [-0.2, -0.15) is 0 Å². The fraction of sp³-hybridized carbons (Fsp3) is 0. The second-order valence-electron chi connectivity index (χ2n) is 12.4. The minimum atomic E-state index is 0.982.